The van der Waals surface area contributed by atoms with Crippen LogP contribution >= 0.6 is 0 Å². The smallest absolute Gasteiger partial charge is 0.00960 e. The third-order valence-corrected chi connectivity index (χ3v) is 4.30. The first-order valence-corrected chi connectivity index (χ1v) is 6.81. The van der Waals surface area contributed by atoms with Crippen LogP contribution in [0, 0.1) is 29.6 Å². The van der Waals surface area contributed by atoms with Crippen LogP contribution in [0.2, 0.25) is 0 Å². The quantitative estimate of drug-likeness (QED) is 0.650. The van der Waals surface area contributed by atoms with Crippen LogP contribution in [0.5, 0.6) is 0 Å². The molecule has 0 atom stereocenters. The molecule has 0 aromatic heterocycles. The number of rotatable bonds is 0. The van der Waals surface area contributed by atoms with E-state index >= 15 is 0 Å². The molecule has 0 aromatic rings. The predicted octanol–water partition coefficient (Wildman–Crippen LogP) is 3.43. The van der Waals surface area contributed by atoms with E-state index in [0.717, 1.165) is 29.6 Å². The first kappa shape index (κ1) is 11.4. The van der Waals surface area contributed by atoms with Gasteiger partial charge in [0.2, 0.25) is 0 Å². The molecule has 0 aromatic carbocycles. The van der Waals surface area contributed by atoms with Gasteiger partial charge in [-0.25, -0.2) is 0 Å². The molecular formula is C14H27N. The normalized spacial score (nSPS) is 46.6. The van der Waals surface area contributed by atoms with Crippen molar-refractivity contribution in [3.8, 4) is 0 Å². The Morgan fingerprint density at radius 2 is 1.13 bits per heavy atom. The third kappa shape index (κ3) is 2.55. The van der Waals surface area contributed by atoms with Crippen LogP contribution in [0.25, 0.3) is 0 Å². The van der Waals surface area contributed by atoms with E-state index in [4.69, 9.17) is 5.73 Å². The lowest BCUT2D eigenvalue weighted by Gasteiger charge is -2.53. The Kier molecular flexibility index (Phi) is 3.39. The highest BCUT2D eigenvalue weighted by Crippen LogP contribution is 2.52. The molecule has 4 aliphatic rings. The summed E-state index contributed by atoms with van der Waals surface area (Å²) < 4.78 is 0. The summed E-state index contributed by atoms with van der Waals surface area (Å²) in [6.45, 7) is 6.50. The molecule has 0 amide bonds. The molecule has 2 N–H and O–H groups in total. The molecule has 4 saturated carbocycles. The van der Waals surface area contributed by atoms with E-state index in [9.17, 15) is 0 Å². The standard InChI is InChI=1S/C10H17N.C4H10/c11-10-8-2-6-1-7(4-8)5-9(10)3-6;1-4(2)3/h6-10H,1-5,11H2;4H,1-3H3. The summed E-state index contributed by atoms with van der Waals surface area (Å²) in [6.07, 6.45) is 7.41. The average Bonchev–Trinajstić information content (AvgIpc) is 2.11. The van der Waals surface area contributed by atoms with E-state index in [-0.39, 0.29) is 0 Å². The van der Waals surface area contributed by atoms with Crippen molar-refractivity contribution < 1.29 is 0 Å². The van der Waals surface area contributed by atoms with Crippen molar-refractivity contribution in [3.05, 3.63) is 0 Å². The fraction of sp³-hybridized carbons (Fsp3) is 1.00. The zero-order valence-electron chi connectivity index (χ0n) is 10.6. The van der Waals surface area contributed by atoms with Crippen molar-refractivity contribution in [1.29, 1.82) is 0 Å². The van der Waals surface area contributed by atoms with Gasteiger partial charge in [0.1, 0.15) is 0 Å². The van der Waals surface area contributed by atoms with Crippen LogP contribution in [0.15, 0.2) is 0 Å². The summed E-state index contributed by atoms with van der Waals surface area (Å²) in [5.41, 5.74) is 6.17. The molecule has 0 heterocycles. The van der Waals surface area contributed by atoms with E-state index in [0.29, 0.717) is 6.04 Å². The second-order valence-electron chi connectivity index (χ2n) is 6.74. The summed E-state index contributed by atoms with van der Waals surface area (Å²) in [4.78, 5) is 0. The van der Waals surface area contributed by atoms with Crippen LogP contribution < -0.4 is 5.73 Å². The van der Waals surface area contributed by atoms with Gasteiger partial charge in [-0.2, -0.15) is 0 Å². The minimum absolute atomic E-state index is 0.586. The van der Waals surface area contributed by atoms with Crippen LogP contribution in [0.4, 0.5) is 0 Å². The highest BCUT2D eigenvalue weighted by atomic mass is 14.7. The Balaban J connectivity index is 0.000000188. The Labute approximate surface area is 94.8 Å². The Hall–Kier alpha value is -0.0400. The second kappa shape index (κ2) is 4.45. The molecule has 0 radical (unpaired) electrons. The molecule has 0 aliphatic heterocycles. The topological polar surface area (TPSA) is 26.0 Å². The second-order valence-corrected chi connectivity index (χ2v) is 6.74. The number of nitrogens with two attached hydrogens (primary N) is 1. The van der Waals surface area contributed by atoms with E-state index in [1.165, 1.54) is 25.7 Å². The fourth-order valence-corrected chi connectivity index (χ4v) is 3.97. The van der Waals surface area contributed by atoms with E-state index < -0.39 is 0 Å². The predicted molar refractivity (Wildman–Crippen MR) is 65.5 cm³/mol. The van der Waals surface area contributed by atoms with Gasteiger partial charge >= 0.3 is 0 Å². The lowest BCUT2D eigenvalue weighted by atomic mass is 9.54. The molecule has 15 heavy (non-hydrogen) atoms. The van der Waals surface area contributed by atoms with Crippen molar-refractivity contribution in [3.63, 3.8) is 0 Å². The van der Waals surface area contributed by atoms with Crippen molar-refractivity contribution in [1.82, 2.24) is 0 Å². The maximum atomic E-state index is 6.17. The lowest BCUT2D eigenvalue weighted by Crippen LogP contribution is -2.52. The van der Waals surface area contributed by atoms with Gasteiger partial charge in [0.05, 0.1) is 0 Å². The fourth-order valence-electron chi connectivity index (χ4n) is 3.97. The summed E-state index contributed by atoms with van der Waals surface area (Å²) in [6, 6.07) is 0.586. The van der Waals surface area contributed by atoms with Crippen molar-refractivity contribution >= 4 is 0 Å². The lowest BCUT2D eigenvalue weighted by molar-refractivity contribution is 0.000349. The third-order valence-electron chi connectivity index (χ3n) is 4.30. The monoisotopic (exact) mass is 209 g/mol. The number of hydrogen-bond acceptors (Lipinski definition) is 1. The Morgan fingerprint density at radius 3 is 1.47 bits per heavy atom. The van der Waals surface area contributed by atoms with E-state index in [1.54, 1.807) is 6.42 Å². The van der Waals surface area contributed by atoms with Crippen LogP contribution in [-0.2, 0) is 0 Å². The first-order chi connectivity index (χ1) is 7.06. The molecule has 4 rings (SSSR count). The molecule has 4 aliphatic carbocycles. The van der Waals surface area contributed by atoms with Crippen molar-refractivity contribution in [2.75, 3.05) is 0 Å². The first-order valence-electron chi connectivity index (χ1n) is 6.81. The van der Waals surface area contributed by atoms with Gasteiger partial charge in [-0.15, -0.1) is 0 Å². The van der Waals surface area contributed by atoms with E-state index in [2.05, 4.69) is 20.8 Å². The molecule has 0 saturated heterocycles. The minimum atomic E-state index is 0.586. The zero-order chi connectivity index (χ0) is 11.0. The summed E-state index contributed by atoms with van der Waals surface area (Å²) in [7, 11) is 0. The van der Waals surface area contributed by atoms with Gasteiger partial charge in [-0.3, -0.25) is 0 Å². The van der Waals surface area contributed by atoms with Gasteiger partial charge in [-0.1, -0.05) is 20.8 Å². The maximum Gasteiger partial charge on any atom is 0.00960 e. The molecule has 4 fully saturated rings. The van der Waals surface area contributed by atoms with Gasteiger partial charge in [0.25, 0.3) is 0 Å². The largest absolute Gasteiger partial charge is 0.327 e. The highest BCUT2D eigenvalue weighted by molar-refractivity contribution is 4.99. The summed E-state index contributed by atoms with van der Waals surface area (Å²) in [5.74, 6) is 4.84. The zero-order valence-corrected chi connectivity index (χ0v) is 10.6. The van der Waals surface area contributed by atoms with Gasteiger partial charge in [-0.05, 0) is 61.7 Å². The summed E-state index contributed by atoms with van der Waals surface area (Å²) >= 11 is 0. The highest BCUT2D eigenvalue weighted by Gasteiger charge is 2.46. The molecule has 0 spiro atoms. The molecule has 1 nitrogen and oxygen atoms in total. The minimum Gasteiger partial charge on any atom is -0.327 e. The molecular weight excluding hydrogens is 182 g/mol. The average molecular weight is 209 g/mol. The van der Waals surface area contributed by atoms with Crippen LogP contribution in [-0.4, -0.2) is 6.04 Å². The molecule has 4 bridgehead atoms. The SMILES string of the molecule is CC(C)C.NC1C2CC3CC(C2)CC1C3. The molecule has 1 heteroatoms. The van der Waals surface area contributed by atoms with Gasteiger partial charge in [0.15, 0.2) is 0 Å². The van der Waals surface area contributed by atoms with Crippen molar-refractivity contribution in [2.24, 2.45) is 35.3 Å². The van der Waals surface area contributed by atoms with Gasteiger partial charge in [0, 0.05) is 6.04 Å². The maximum absolute atomic E-state index is 6.17. The number of hydrogen-bond donors (Lipinski definition) is 1. The Bertz CT molecular complexity index is 179. The van der Waals surface area contributed by atoms with E-state index in [1.807, 2.05) is 0 Å². The van der Waals surface area contributed by atoms with Gasteiger partial charge < -0.3 is 5.73 Å². The molecule has 88 valence electrons. The summed E-state index contributed by atoms with van der Waals surface area (Å²) in [5, 5.41) is 0. The van der Waals surface area contributed by atoms with Crippen molar-refractivity contribution in [2.45, 2.75) is 58.9 Å². The molecule has 0 unspecified atom stereocenters. The van der Waals surface area contributed by atoms with Crippen LogP contribution in [0.1, 0.15) is 52.9 Å². The Morgan fingerprint density at radius 1 is 0.800 bits per heavy atom. The van der Waals surface area contributed by atoms with Crippen LogP contribution in [0.3, 0.4) is 0 Å².